The topological polar surface area (TPSA) is 49.4 Å². The van der Waals surface area contributed by atoms with Crippen molar-refractivity contribution in [3.05, 3.63) is 30.1 Å². The first-order valence-electron chi connectivity index (χ1n) is 8.46. The number of benzene rings is 1. The van der Waals surface area contributed by atoms with E-state index in [2.05, 4.69) is 5.32 Å². The minimum absolute atomic E-state index is 0.0798. The van der Waals surface area contributed by atoms with E-state index in [4.69, 9.17) is 0 Å². The van der Waals surface area contributed by atoms with E-state index in [0.29, 0.717) is 18.5 Å². The summed E-state index contributed by atoms with van der Waals surface area (Å²) in [4.78, 5) is 26.6. The van der Waals surface area contributed by atoms with E-state index in [1.807, 2.05) is 4.90 Å². The number of carbonyl (C=O) groups is 2. The highest BCUT2D eigenvalue weighted by Crippen LogP contribution is 2.47. The van der Waals surface area contributed by atoms with Crippen molar-refractivity contribution in [1.29, 1.82) is 0 Å². The molecular weight excluding hydrogens is 295 g/mol. The van der Waals surface area contributed by atoms with Gasteiger partial charge in [-0.25, -0.2) is 4.39 Å². The van der Waals surface area contributed by atoms with Crippen LogP contribution in [0.25, 0.3) is 0 Å². The van der Waals surface area contributed by atoms with Crippen molar-refractivity contribution in [2.75, 3.05) is 11.9 Å². The predicted octanol–water partition coefficient (Wildman–Crippen LogP) is 2.80. The number of hydrogen-bond acceptors (Lipinski definition) is 2. The number of hydrogen-bond donors (Lipinski definition) is 1. The fraction of sp³-hybridized carbons (Fsp3) is 0.556. The molecule has 4 atom stereocenters. The minimum atomic E-state index is -0.449. The highest BCUT2D eigenvalue weighted by Gasteiger charge is 2.47. The fourth-order valence-electron chi connectivity index (χ4n) is 4.62. The molecule has 5 heteroatoms. The summed E-state index contributed by atoms with van der Waals surface area (Å²) in [6.07, 6.45) is 5.08. The fourth-order valence-corrected chi connectivity index (χ4v) is 4.62. The number of likely N-dealkylation sites (tertiary alicyclic amines) is 1. The summed E-state index contributed by atoms with van der Waals surface area (Å²) in [5.41, 5.74) is 0.184. The third-order valence-corrected chi connectivity index (χ3v) is 5.76. The molecule has 4 nitrogen and oxygen atoms in total. The number of fused-ring (bicyclic) bond motifs is 2. The van der Waals surface area contributed by atoms with Gasteiger partial charge in [0.1, 0.15) is 5.82 Å². The summed E-state index contributed by atoms with van der Waals surface area (Å²) >= 11 is 0. The highest BCUT2D eigenvalue weighted by atomic mass is 19.1. The number of halogens is 1. The van der Waals surface area contributed by atoms with Gasteiger partial charge in [-0.05, 0) is 43.2 Å². The van der Waals surface area contributed by atoms with E-state index < -0.39 is 5.82 Å². The second-order valence-electron chi connectivity index (χ2n) is 7.16. The Morgan fingerprint density at radius 2 is 2.04 bits per heavy atom. The SMILES string of the molecule is O=C(Nc1ccccc1F)C1CC(=O)N(C2CC3CCC2C3)C1. The largest absolute Gasteiger partial charge is 0.339 e. The number of carbonyl (C=O) groups excluding carboxylic acids is 2. The first-order valence-corrected chi connectivity index (χ1v) is 8.46. The Morgan fingerprint density at radius 3 is 2.74 bits per heavy atom. The van der Waals surface area contributed by atoms with Crippen molar-refractivity contribution < 1.29 is 14.0 Å². The molecule has 4 unspecified atom stereocenters. The third kappa shape index (κ3) is 2.62. The van der Waals surface area contributed by atoms with Crippen LogP contribution in [-0.2, 0) is 9.59 Å². The Labute approximate surface area is 135 Å². The van der Waals surface area contributed by atoms with Crippen LogP contribution in [0.3, 0.4) is 0 Å². The molecule has 122 valence electrons. The highest BCUT2D eigenvalue weighted by molar-refractivity contribution is 5.97. The quantitative estimate of drug-likeness (QED) is 0.932. The van der Waals surface area contributed by atoms with Gasteiger partial charge < -0.3 is 10.2 Å². The maximum atomic E-state index is 13.6. The van der Waals surface area contributed by atoms with Crippen LogP contribution >= 0.6 is 0 Å². The molecule has 1 N–H and O–H groups in total. The number of nitrogens with one attached hydrogen (secondary N) is 1. The average Bonchev–Trinajstić information content (AvgIpc) is 3.24. The molecule has 1 heterocycles. The zero-order valence-corrected chi connectivity index (χ0v) is 13.0. The molecule has 2 aliphatic carbocycles. The van der Waals surface area contributed by atoms with Crippen LogP contribution in [0.1, 0.15) is 32.1 Å². The van der Waals surface area contributed by atoms with Crippen LogP contribution in [0, 0.1) is 23.6 Å². The summed E-state index contributed by atoms with van der Waals surface area (Å²) in [6.45, 7) is 0.479. The Morgan fingerprint density at radius 1 is 1.22 bits per heavy atom. The van der Waals surface area contributed by atoms with Crippen molar-refractivity contribution in [2.24, 2.45) is 17.8 Å². The van der Waals surface area contributed by atoms with Crippen LogP contribution < -0.4 is 5.32 Å². The Bertz CT molecular complexity index is 648. The number of anilines is 1. The van der Waals surface area contributed by atoms with E-state index in [-0.39, 0.29) is 29.8 Å². The van der Waals surface area contributed by atoms with Gasteiger partial charge in [0, 0.05) is 19.0 Å². The van der Waals surface area contributed by atoms with Crippen LogP contribution in [0.4, 0.5) is 10.1 Å². The van der Waals surface area contributed by atoms with E-state index in [1.54, 1.807) is 12.1 Å². The van der Waals surface area contributed by atoms with Crippen LogP contribution in [-0.4, -0.2) is 29.3 Å². The van der Waals surface area contributed by atoms with Gasteiger partial charge in [0.2, 0.25) is 11.8 Å². The zero-order valence-electron chi connectivity index (χ0n) is 13.0. The van der Waals surface area contributed by atoms with Crippen molar-refractivity contribution >= 4 is 17.5 Å². The van der Waals surface area contributed by atoms with E-state index in [1.165, 1.54) is 31.4 Å². The number of nitrogens with zero attached hydrogens (tertiary/aromatic N) is 1. The Kier molecular flexibility index (Phi) is 3.58. The lowest BCUT2D eigenvalue weighted by Gasteiger charge is -2.31. The molecule has 1 aliphatic heterocycles. The van der Waals surface area contributed by atoms with Gasteiger partial charge in [0.25, 0.3) is 0 Å². The molecule has 0 spiro atoms. The second-order valence-corrected chi connectivity index (χ2v) is 7.16. The smallest absolute Gasteiger partial charge is 0.229 e. The molecule has 2 saturated carbocycles. The predicted molar refractivity (Wildman–Crippen MR) is 84.1 cm³/mol. The molecule has 1 aromatic rings. The lowest BCUT2D eigenvalue weighted by atomic mass is 9.94. The van der Waals surface area contributed by atoms with E-state index >= 15 is 0 Å². The summed E-state index contributed by atoms with van der Waals surface area (Å²) in [5, 5.41) is 2.62. The molecule has 3 fully saturated rings. The molecule has 4 rings (SSSR count). The minimum Gasteiger partial charge on any atom is -0.339 e. The van der Waals surface area contributed by atoms with Crippen molar-refractivity contribution in [2.45, 2.75) is 38.1 Å². The molecule has 0 aromatic heterocycles. The first-order chi connectivity index (χ1) is 11.1. The van der Waals surface area contributed by atoms with E-state index in [9.17, 15) is 14.0 Å². The Balaban J connectivity index is 1.42. The van der Waals surface area contributed by atoms with Crippen molar-refractivity contribution in [3.63, 3.8) is 0 Å². The summed E-state index contributed by atoms with van der Waals surface area (Å²) < 4.78 is 13.6. The number of para-hydroxylation sites is 1. The van der Waals surface area contributed by atoms with Gasteiger partial charge in [-0.15, -0.1) is 0 Å². The summed E-state index contributed by atoms with van der Waals surface area (Å²) in [7, 11) is 0. The number of rotatable bonds is 3. The number of amides is 2. The second kappa shape index (κ2) is 5.62. The van der Waals surface area contributed by atoms with Crippen molar-refractivity contribution in [3.8, 4) is 0 Å². The standard InChI is InChI=1S/C18H21FN2O2/c19-14-3-1-2-4-15(14)20-18(23)13-9-17(22)21(10-13)16-8-11-5-6-12(16)7-11/h1-4,11-13,16H,5-10H2,(H,20,23). The molecule has 23 heavy (non-hydrogen) atoms. The van der Waals surface area contributed by atoms with Gasteiger partial charge in [0.15, 0.2) is 0 Å². The average molecular weight is 316 g/mol. The maximum absolute atomic E-state index is 13.6. The monoisotopic (exact) mass is 316 g/mol. The van der Waals surface area contributed by atoms with Gasteiger partial charge in [-0.1, -0.05) is 18.6 Å². The normalized spacial score (nSPS) is 32.6. The lowest BCUT2D eigenvalue weighted by molar-refractivity contribution is -0.130. The van der Waals surface area contributed by atoms with Crippen molar-refractivity contribution in [1.82, 2.24) is 4.90 Å². The zero-order chi connectivity index (χ0) is 16.0. The third-order valence-electron chi connectivity index (χ3n) is 5.76. The lowest BCUT2D eigenvalue weighted by Crippen LogP contribution is -2.40. The molecule has 2 amide bonds. The van der Waals surface area contributed by atoms with Gasteiger partial charge in [0.05, 0.1) is 11.6 Å². The maximum Gasteiger partial charge on any atom is 0.229 e. The molecule has 2 bridgehead atoms. The van der Waals surface area contributed by atoms with Gasteiger partial charge in [-0.2, -0.15) is 0 Å². The molecular formula is C18H21FN2O2. The van der Waals surface area contributed by atoms with Crippen LogP contribution in [0.2, 0.25) is 0 Å². The molecule has 1 aromatic carbocycles. The van der Waals surface area contributed by atoms with Crippen LogP contribution in [0.15, 0.2) is 24.3 Å². The molecule has 3 aliphatic rings. The molecule has 1 saturated heterocycles. The summed E-state index contributed by atoms with van der Waals surface area (Å²) in [5.74, 6) is 0.392. The van der Waals surface area contributed by atoms with Gasteiger partial charge in [-0.3, -0.25) is 9.59 Å². The van der Waals surface area contributed by atoms with Gasteiger partial charge >= 0.3 is 0 Å². The Hall–Kier alpha value is -1.91. The van der Waals surface area contributed by atoms with Crippen LogP contribution in [0.5, 0.6) is 0 Å². The first kappa shape index (κ1) is 14.7. The molecule has 0 radical (unpaired) electrons. The van der Waals surface area contributed by atoms with E-state index in [0.717, 1.165) is 12.3 Å². The summed E-state index contributed by atoms with van der Waals surface area (Å²) in [6, 6.07) is 6.45.